The second-order valence-corrected chi connectivity index (χ2v) is 8.54. The Morgan fingerprint density at radius 2 is 1.63 bits per heavy atom. The van der Waals surface area contributed by atoms with Crippen LogP contribution in [0.15, 0.2) is 72.9 Å². The van der Waals surface area contributed by atoms with Crippen LogP contribution in [0.1, 0.15) is 55.4 Å². The van der Waals surface area contributed by atoms with E-state index in [1.165, 1.54) is 0 Å². The summed E-state index contributed by atoms with van der Waals surface area (Å²) < 4.78 is 1.79. The first-order chi connectivity index (χ1) is 14.3. The van der Waals surface area contributed by atoms with Crippen LogP contribution in [0.4, 0.5) is 0 Å². The Bertz CT molecular complexity index is 1170. The first-order valence-electron chi connectivity index (χ1n) is 10.1. The fourth-order valence-electron chi connectivity index (χ4n) is 3.44. The maximum atomic E-state index is 13.3. The SMILES string of the molecule is C[C@@H](NC(=O)c1cnc2cc(C(C)(C)C)nn2c1-c1ccccc1)c1ccccc1. The van der Waals surface area contributed by atoms with Crippen LogP contribution in [-0.4, -0.2) is 20.5 Å². The van der Waals surface area contributed by atoms with Gasteiger partial charge in [-0.3, -0.25) is 4.79 Å². The van der Waals surface area contributed by atoms with Gasteiger partial charge >= 0.3 is 0 Å². The number of rotatable bonds is 4. The van der Waals surface area contributed by atoms with Gasteiger partial charge in [0.05, 0.1) is 23.0 Å². The standard InChI is InChI=1S/C25H26N4O/c1-17(18-11-7-5-8-12-18)27-24(30)20-16-26-22-15-21(25(2,3)4)28-29(22)23(20)19-13-9-6-10-14-19/h5-17H,1-4H3,(H,27,30)/t17-/m1/s1. The molecule has 5 nitrogen and oxygen atoms in total. The molecule has 0 aliphatic carbocycles. The Hall–Kier alpha value is -3.47. The first-order valence-corrected chi connectivity index (χ1v) is 10.1. The van der Waals surface area contributed by atoms with E-state index in [9.17, 15) is 4.79 Å². The Morgan fingerprint density at radius 1 is 1.00 bits per heavy atom. The lowest BCUT2D eigenvalue weighted by atomic mass is 9.93. The van der Waals surface area contributed by atoms with E-state index in [-0.39, 0.29) is 17.4 Å². The number of hydrogen-bond donors (Lipinski definition) is 1. The van der Waals surface area contributed by atoms with Crippen LogP contribution in [0, 0.1) is 0 Å². The Balaban J connectivity index is 1.82. The molecule has 0 unspecified atom stereocenters. The molecule has 5 heteroatoms. The molecule has 4 rings (SSSR count). The number of nitrogens with one attached hydrogen (secondary N) is 1. The second kappa shape index (κ2) is 7.75. The highest BCUT2D eigenvalue weighted by Crippen LogP contribution is 2.28. The minimum Gasteiger partial charge on any atom is -0.345 e. The highest BCUT2D eigenvalue weighted by Gasteiger charge is 2.23. The van der Waals surface area contributed by atoms with Crippen LogP contribution < -0.4 is 5.32 Å². The van der Waals surface area contributed by atoms with Crippen molar-refractivity contribution in [1.82, 2.24) is 19.9 Å². The Kier molecular flexibility index (Phi) is 5.12. The Labute approximate surface area is 176 Å². The molecule has 1 atom stereocenters. The van der Waals surface area contributed by atoms with Gasteiger partial charge in [-0.15, -0.1) is 0 Å². The zero-order valence-corrected chi connectivity index (χ0v) is 17.8. The van der Waals surface area contributed by atoms with Gasteiger partial charge in [0, 0.05) is 23.2 Å². The molecule has 2 aromatic carbocycles. The van der Waals surface area contributed by atoms with E-state index in [1.54, 1.807) is 10.7 Å². The first kappa shape index (κ1) is 19.8. The van der Waals surface area contributed by atoms with Crippen LogP contribution in [0.25, 0.3) is 16.9 Å². The number of nitrogens with zero attached hydrogens (tertiary/aromatic N) is 3. The topological polar surface area (TPSA) is 59.3 Å². The molecule has 1 amide bonds. The molecule has 2 heterocycles. The number of carbonyl (C=O) groups is 1. The summed E-state index contributed by atoms with van der Waals surface area (Å²) in [5, 5.41) is 7.92. The highest BCUT2D eigenvalue weighted by atomic mass is 16.1. The number of carbonyl (C=O) groups excluding carboxylic acids is 1. The average Bonchev–Trinajstić information content (AvgIpc) is 3.19. The summed E-state index contributed by atoms with van der Waals surface area (Å²) in [6.45, 7) is 8.33. The molecule has 30 heavy (non-hydrogen) atoms. The van der Waals surface area contributed by atoms with Crippen LogP contribution in [0.3, 0.4) is 0 Å². The van der Waals surface area contributed by atoms with Crippen molar-refractivity contribution in [3.63, 3.8) is 0 Å². The number of benzene rings is 2. The number of fused-ring (bicyclic) bond motifs is 1. The molecule has 2 aromatic heterocycles. The van der Waals surface area contributed by atoms with Crippen molar-refractivity contribution < 1.29 is 4.79 Å². The normalized spacial score (nSPS) is 12.7. The van der Waals surface area contributed by atoms with Crippen LogP contribution in [0.2, 0.25) is 0 Å². The van der Waals surface area contributed by atoms with Crippen LogP contribution in [-0.2, 0) is 5.41 Å². The number of hydrogen-bond acceptors (Lipinski definition) is 3. The molecule has 0 spiro atoms. The van der Waals surface area contributed by atoms with Gasteiger partial charge < -0.3 is 5.32 Å². The Morgan fingerprint density at radius 3 is 2.27 bits per heavy atom. The molecule has 0 saturated carbocycles. The van der Waals surface area contributed by atoms with Crippen molar-refractivity contribution in [3.8, 4) is 11.3 Å². The zero-order chi connectivity index (χ0) is 21.3. The summed E-state index contributed by atoms with van der Waals surface area (Å²) >= 11 is 0. The largest absolute Gasteiger partial charge is 0.345 e. The lowest BCUT2D eigenvalue weighted by molar-refractivity contribution is 0.0939. The summed E-state index contributed by atoms with van der Waals surface area (Å²) in [5.74, 6) is -0.174. The molecular formula is C25H26N4O. The van der Waals surface area contributed by atoms with E-state index in [0.717, 1.165) is 28.2 Å². The third kappa shape index (κ3) is 3.83. The summed E-state index contributed by atoms with van der Waals surface area (Å²) in [4.78, 5) is 17.8. The van der Waals surface area contributed by atoms with Gasteiger partial charge in [0.25, 0.3) is 5.91 Å². The number of amides is 1. The minimum absolute atomic E-state index is 0.119. The molecule has 0 aliphatic heterocycles. The summed E-state index contributed by atoms with van der Waals surface area (Å²) in [5.41, 5.74) is 4.76. The van der Waals surface area contributed by atoms with Crippen LogP contribution in [0.5, 0.6) is 0 Å². The van der Waals surface area contributed by atoms with E-state index in [0.29, 0.717) is 5.56 Å². The summed E-state index contributed by atoms with van der Waals surface area (Å²) in [6, 6.07) is 21.7. The fraction of sp³-hybridized carbons (Fsp3) is 0.240. The fourth-order valence-corrected chi connectivity index (χ4v) is 3.44. The van der Waals surface area contributed by atoms with E-state index in [2.05, 4.69) is 31.1 Å². The van der Waals surface area contributed by atoms with Gasteiger partial charge in [0.15, 0.2) is 5.65 Å². The lowest BCUT2D eigenvalue weighted by Crippen LogP contribution is -2.28. The van der Waals surface area contributed by atoms with Crippen molar-refractivity contribution >= 4 is 11.6 Å². The van der Waals surface area contributed by atoms with E-state index >= 15 is 0 Å². The maximum absolute atomic E-state index is 13.3. The van der Waals surface area contributed by atoms with Gasteiger partial charge in [0.2, 0.25) is 0 Å². The second-order valence-electron chi connectivity index (χ2n) is 8.54. The summed E-state index contributed by atoms with van der Waals surface area (Å²) in [6.07, 6.45) is 1.65. The van der Waals surface area contributed by atoms with Gasteiger partial charge in [-0.1, -0.05) is 81.4 Å². The van der Waals surface area contributed by atoms with Crippen molar-refractivity contribution in [1.29, 1.82) is 0 Å². The molecule has 0 radical (unpaired) electrons. The van der Waals surface area contributed by atoms with Crippen molar-refractivity contribution in [2.75, 3.05) is 0 Å². The molecule has 0 saturated heterocycles. The smallest absolute Gasteiger partial charge is 0.255 e. The van der Waals surface area contributed by atoms with Crippen molar-refractivity contribution in [2.45, 2.75) is 39.2 Å². The zero-order valence-electron chi connectivity index (χ0n) is 17.8. The molecule has 0 bridgehead atoms. The molecule has 0 fully saturated rings. The maximum Gasteiger partial charge on any atom is 0.255 e. The number of aromatic nitrogens is 3. The summed E-state index contributed by atoms with van der Waals surface area (Å²) in [7, 11) is 0. The lowest BCUT2D eigenvalue weighted by Gasteiger charge is -2.17. The van der Waals surface area contributed by atoms with Gasteiger partial charge in [-0.05, 0) is 12.5 Å². The predicted octanol–water partition coefficient (Wildman–Crippen LogP) is 5.18. The third-order valence-electron chi connectivity index (χ3n) is 5.19. The van der Waals surface area contributed by atoms with Crippen molar-refractivity contribution in [2.24, 2.45) is 0 Å². The van der Waals surface area contributed by atoms with E-state index < -0.39 is 0 Å². The molecule has 4 aromatic rings. The van der Waals surface area contributed by atoms with Gasteiger partial charge in [0.1, 0.15) is 0 Å². The van der Waals surface area contributed by atoms with Crippen molar-refractivity contribution in [3.05, 3.63) is 89.7 Å². The monoisotopic (exact) mass is 398 g/mol. The quantitative estimate of drug-likeness (QED) is 0.515. The van der Waals surface area contributed by atoms with E-state index in [4.69, 9.17) is 5.10 Å². The molecule has 0 aliphatic rings. The predicted molar refractivity (Wildman–Crippen MR) is 119 cm³/mol. The third-order valence-corrected chi connectivity index (χ3v) is 5.19. The molecule has 152 valence electrons. The van der Waals surface area contributed by atoms with Gasteiger partial charge in [-0.25, -0.2) is 9.50 Å². The average molecular weight is 399 g/mol. The van der Waals surface area contributed by atoms with E-state index in [1.807, 2.05) is 73.7 Å². The highest BCUT2D eigenvalue weighted by molar-refractivity contribution is 6.00. The molecular weight excluding hydrogens is 372 g/mol. The van der Waals surface area contributed by atoms with Crippen LogP contribution >= 0.6 is 0 Å². The van der Waals surface area contributed by atoms with Gasteiger partial charge in [-0.2, -0.15) is 5.10 Å². The molecule has 1 N–H and O–H groups in total. The minimum atomic E-state index is -0.174.